The average molecular weight is 386 g/mol. The first-order chi connectivity index (χ1) is 13.1. The van der Waals surface area contributed by atoms with Crippen LogP contribution in [0.1, 0.15) is 17.0 Å². The number of hydrogen-bond acceptors (Lipinski definition) is 6. The fourth-order valence-electron chi connectivity index (χ4n) is 2.71. The molecule has 0 saturated carbocycles. The third-order valence-corrected chi connectivity index (χ3v) is 5.92. The molecule has 27 heavy (non-hydrogen) atoms. The summed E-state index contributed by atoms with van der Waals surface area (Å²) in [6, 6.07) is 19.9. The maximum Gasteiger partial charge on any atom is 0.384 e. The summed E-state index contributed by atoms with van der Waals surface area (Å²) in [7, 11) is -0.861. The number of hydrogen-bond donors (Lipinski definition) is 1. The van der Waals surface area contributed by atoms with Gasteiger partial charge in [-0.2, -0.15) is 0 Å². The van der Waals surface area contributed by atoms with Crippen LogP contribution in [0.2, 0.25) is 0 Å². The number of oxazole rings is 1. The summed E-state index contributed by atoms with van der Waals surface area (Å²) in [6.07, 6.45) is 1.28. The Morgan fingerprint density at radius 3 is 2.15 bits per heavy atom. The molecule has 0 amide bonds. The molecule has 0 aliphatic carbocycles. The van der Waals surface area contributed by atoms with Gasteiger partial charge in [-0.15, -0.1) is 0 Å². The van der Waals surface area contributed by atoms with Gasteiger partial charge in [-0.25, -0.2) is 4.98 Å². The summed E-state index contributed by atoms with van der Waals surface area (Å²) in [5.41, 5.74) is 2.41. The molecule has 1 heterocycles. The molecule has 0 saturated heterocycles. The van der Waals surface area contributed by atoms with Gasteiger partial charge in [0.05, 0.1) is 0 Å². The number of anilines is 1. The zero-order chi connectivity index (χ0) is 19.1. The monoisotopic (exact) mass is 386 g/mol. The van der Waals surface area contributed by atoms with Crippen LogP contribution in [0, 0.1) is 0 Å². The molecule has 0 atom stereocenters. The molecule has 1 N–H and O–H groups in total. The lowest BCUT2D eigenvalue weighted by molar-refractivity contribution is 0.286. The Kier molecular flexibility index (Phi) is 6.45. The minimum atomic E-state index is -3.53. The van der Waals surface area contributed by atoms with E-state index in [-0.39, 0.29) is 5.44 Å². The maximum atomic E-state index is 12.9. The van der Waals surface area contributed by atoms with E-state index in [0.29, 0.717) is 24.7 Å². The van der Waals surface area contributed by atoms with Crippen molar-refractivity contribution in [2.45, 2.75) is 12.8 Å². The van der Waals surface area contributed by atoms with Crippen molar-refractivity contribution < 1.29 is 18.0 Å². The highest BCUT2D eigenvalue weighted by Crippen LogP contribution is 2.47. The molecule has 6 nitrogen and oxygen atoms in total. The van der Waals surface area contributed by atoms with Gasteiger partial charge in [0.25, 0.3) is 0 Å². The number of nitrogens with zero attached hydrogens (tertiary/aromatic N) is 1. The second-order valence-corrected chi connectivity index (χ2v) is 8.10. The van der Waals surface area contributed by atoms with Crippen molar-refractivity contribution in [3.63, 3.8) is 0 Å². The van der Waals surface area contributed by atoms with E-state index in [1.54, 1.807) is 0 Å². The van der Waals surface area contributed by atoms with Crippen molar-refractivity contribution in [2.24, 2.45) is 0 Å². The largest absolute Gasteiger partial charge is 0.424 e. The van der Waals surface area contributed by atoms with Crippen LogP contribution in [0.25, 0.3) is 0 Å². The molecule has 0 bridgehead atoms. The van der Waals surface area contributed by atoms with E-state index in [9.17, 15) is 4.57 Å². The summed E-state index contributed by atoms with van der Waals surface area (Å²) >= 11 is 0. The quantitative estimate of drug-likeness (QED) is 0.560. The van der Waals surface area contributed by atoms with Crippen molar-refractivity contribution in [3.8, 4) is 0 Å². The van der Waals surface area contributed by atoms with Crippen LogP contribution in [0.3, 0.4) is 0 Å². The standard InChI is InChI=1S/C20H23N2O4P/c1-24-27(23,25-2)20-19(21-14-13-16-9-5-3-6-10-16)26-18(22-20)15-17-11-7-4-8-12-17/h3-12,21H,13-15H2,1-2H3. The van der Waals surface area contributed by atoms with Crippen molar-refractivity contribution in [2.75, 3.05) is 26.1 Å². The molecule has 0 radical (unpaired) electrons. The van der Waals surface area contributed by atoms with Gasteiger partial charge >= 0.3 is 7.60 Å². The van der Waals surface area contributed by atoms with E-state index >= 15 is 0 Å². The number of nitrogens with one attached hydrogen (secondary N) is 1. The van der Waals surface area contributed by atoms with Gasteiger partial charge in [0.1, 0.15) is 0 Å². The summed E-state index contributed by atoms with van der Waals surface area (Å²) in [5.74, 6) is 0.775. The Balaban J connectivity index is 1.80. The maximum absolute atomic E-state index is 12.9. The third-order valence-electron chi connectivity index (χ3n) is 4.13. The van der Waals surface area contributed by atoms with E-state index < -0.39 is 7.60 Å². The van der Waals surface area contributed by atoms with Crippen molar-refractivity contribution in [3.05, 3.63) is 77.7 Å². The molecule has 0 aliphatic heterocycles. The second-order valence-electron chi connectivity index (χ2n) is 5.95. The van der Waals surface area contributed by atoms with Gasteiger partial charge in [-0.05, 0) is 17.5 Å². The first-order valence-corrected chi connectivity index (χ1v) is 10.2. The molecular weight excluding hydrogens is 363 g/mol. The smallest absolute Gasteiger partial charge is 0.384 e. The SMILES string of the molecule is COP(=O)(OC)c1nc(Cc2ccccc2)oc1NCCc1ccccc1. The van der Waals surface area contributed by atoms with E-state index in [4.69, 9.17) is 13.5 Å². The summed E-state index contributed by atoms with van der Waals surface area (Å²) in [4.78, 5) is 4.40. The van der Waals surface area contributed by atoms with Gasteiger partial charge in [0.2, 0.25) is 17.2 Å². The van der Waals surface area contributed by atoms with Crippen LogP contribution >= 0.6 is 7.60 Å². The summed E-state index contributed by atoms with van der Waals surface area (Å²) in [6.45, 7) is 0.602. The lowest BCUT2D eigenvalue weighted by Gasteiger charge is -2.12. The lowest BCUT2D eigenvalue weighted by atomic mass is 10.1. The van der Waals surface area contributed by atoms with Crippen molar-refractivity contribution in [1.29, 1.82) is 0 Å². The van der Waals surface area contributed by atoms with Crippen molar-refractivity contribution in [1.82, 2.24) is 4.98 Å². The molecule has 0 aliphatic rings. The molecule has 0 unspecified atom stereocenters. The fraction of sp³-hybridized carbons (Fsp3) is 0.250. The van der Waals surface area contributed by atoms with Crippen LogP contribution in [0.5, 0.6) is 0 Å². The first-order valence-electron chi connectivity index (χ1n) is 8.68. The molecule has 0 fully saturated rings. The van der Waals surface area contributed by atoms with Gasteiger partial charge in [0, 0.05) is 27.2 Å². The zero-order valence-electron chi connectivity index (χ0n) is 15.4. The Morgan fingerprint density at radius 2 is 1.56 bits per heavy atom. The third kappa shape index (κ3) is 4.86. The predicted molar refractivity (Wildman–Crippen MR) is 106 cm³/mol. The highest BCUT2D eigenvalue weighted by molar-refractivity contribution is 7.62. The van der Waals surface area contributed by atoms with E-state index in [1.165, 1.54) is 19.8 Å². The van der Waals surface area contributed by atoms with E-state index in [0.717, 1.165) is 12.0 Å². The van der Waals surface area contributed by atoms with E-state index in [2.05, 4.69) is 22.4 Å². The lowest BCUT2D eigenvalue weighted by Crippen LogP contribution is -2.16. The minimum Gasteiger partial charge on any atom is -0.424 e. The van der Waals surface area contributed by atoms with Gasteiger partial charge in [0.15, 0.2) is 0 Å². The number of benzene rings is 2. The zero-order valence-corrected chi connectivity index (χ0v) is 16.3. The molecule has 2 aromatic carbocycles. The Bertz CT molecular complexity index is 889. The molecule has 7 heteroatoms. The Morgan fingerprint density at radius 1 is 0.963 bits per heavy atom. The van der Waals surface area contributed by atoms with Crippen LogP contribution < -0.4 is 10.8 Å². The van der Waals surface area contributed by atoms with E-state index in [1.807, 2.05) is 48.5 Å². The topological polar surface area (TPSA) is 73.6 Å². The van der Waals surface area contributed by atoms with Gasteiger partial charge in [-0.1, -0.05) is 60.7 Å². The van der Waals surface area contributed by atoms with Crippen LogP contribution in [0.4, 0.5) is 5.88 Å². The normalized spacial score (nSPS) is 11.5. The molecular formula is C20H23N2O4P. The Hall–Kier alpha value is -2.40. The molecule has 3 rings (SSSR count). The van der Waals surface area contributed by atoms with Gasteiger partial charge in [-0.3, -0.25) is 4.57 Å². The molecule has 142 valence electrons. The van der Waals surface area contributed by atoms with Crippen LogP contribution in [-0.4, -0.2) is 25.7 Å². The molecule has 3 aromatic rings. The molecule has 0 spiro atoms. The van der Waals surface area contributed by atoms with Crippen LogP contribution in [0.15, 0.2) is 65.1 Å². The predicted octanol–water partition coefficient (Wildman–Crippen LogP) is 4.03. The fourth-order valence-corrected chi connectivity index (χ4v) is 3.82. The number of aromatic nitrogens is 1. The average Bonchev–Trinajstić information content (AvgIpc) is 3.12. The van der Waals surface area contributed by atoms with Crippen LogP contribution in [-0.2, 0) is 26.5 Å². The summed E-state index contributed by atoms with van der Waals surface area (Å²) in [5, 5.41) is 3.18. The number of rotatable bonds is 9. The first kappa shape index (κ1) is 19.4. The minimum absolute atomic E-state index is 0.173. The highest BCUT2D eigenvalue weighted by atomic mass is 31.2. The highest BCUT2D eigenvalue weighted by Gasteiger charge is 2.34. The van der Waals surface area contributed by atoms with Crippen molar-refractivity contribution >= 4 is 18.9 Å². The molecule has 1 aromatic heterocycles. The summed E-state index contributed by atoms with van der Waals surface area (Å²) < 4.78 is 28.9. The Labute approximate surface area is 159 Å². The second kappa shape index (κ2) is 9.00. The van der Waals surface area contributed by atoms with Gasteiger partial charge < -0.3 is 18.8 Å².